The quantitative estimate of drug-likeness (QED) is 0.0581. The van der Waals surface area contributed by atoms with E-state index in [1.807, 2.05) is 6.92 Å². The van der Waals surface area contributed by atoms with E-state index in [1.165, 1.54) is 13.8 Å². The van der Waals surface area contributed by atoms with Gasteiger partial charge in [-0.25, -0.2) is 0 Å². The molecular formula is C51H84O23. The monoisotopic (exact) mass is 1060 g/mol. The fourth-order valence-electron chi connectivity index (χ4n) is 14.4. The Labute approximate surface area is 431 Å². The molecule has 4 saturated heterocycles. The number of fused-ring (bicyclic) bond motifs is 5. The number of carbonyl (C=O) groups excluding carboxylic acids is 2. The molecule has 74 heavy (non-hydrogen) atoms. The Hall–Kier alpha value is -1.66. The first kappa shape index (κ1) is 58.5. The molecule has 0 spiro atoms. The van der Waals surface area contributed by atoms with Crippen LogP contribution >= 0.6 is 0 Å². The number of ether oxygens (including phenoxy) is 9. The van der Waals surface area contributed by atoms with Crippen LogP contribution in [0.25, 0.3) is 0 Å². The third-order valence-corrected chi connectivity index (χ3v) is 18.9. The second-order valence-electron chi connectivity index (χ2n) is 23.6. The Balaban J connectivity index is 0.899. The van der Waals surface area contributed by atoms with E-state index < -0.39 is 160 Å². The smallest absolute Gasteiger partial charge is 0.306 e. The van der Waals surface area contributed by atoms with Crippen molar-refractivity contribution in [2.45, 2.75) is 241 Å². The molecule has 12 N–H and O–H groups in total. The zero-order valence-corrected chi connectivity index (χ0v) is 43.2. The molecule has 4 aliphatic heterocycles. The van der Waals surface area contributed by atoms with Crippen LogP contribution in [0.4, 0.5) is 0 Å². The van der Waals surface area contributed by atoms with Crippen LogP contribution in [0, 0.1) is 46.3 Å². The van der Waals surface area contributed by atoms with Gasteiger partial charge in [0.25, 0.3) is 0 Å². The summed E-state index contributed by atoms with van der Waals surface area (Å²) in [5.41, 5.74) is -0.494. The molecule has 0 unspecified atom stereocenters. The lowest BCUT2D eigenvalue weighted by atomic mass is 9.44. The van der Waals surface area contributed by atoms with Crippen molar-refractivity contribution < 1.29 is 113 Å². The molecule has 8 rings (SSSR count). The summed E-state index contributed by atoms with van der Waals surface area (Å²) in [5.74, 6) is -0.197. The molecule has 4 aliphatic carbocycles. The molecule has 30 atom stereocenters. The molecule has 0 amide bonds. The molecule has 0 radical (unpaired) electrons. The minimum absolute atomic E-state index is 0.00950. The maximum Gasteiger partial charge on any atom is 0.306 e. The standard InChI is InChI=1S/C51H84O23/c1-20(18-66-47-43(64)40(61)36(57)30(17-52)72-47)7-10-32(54)71-29-16-28-26-9-8-24-15-25(11-13-50(24,5)27(26)12-14-51(28,6)33(29)21(2)53)70-49-45(74-48-44(65)39(60)35(56)23(4)69-48)41(62)37(58)31(73-49)19-67-46-42(63)38(59)34(55)22(3)68-46/h20,22-31,33-49,52,55-65H,7-19H2,1-6H3/t20-,22+,23+,24+,25+,26-,27+,28+,29+,30-,31-,33+,34+,35+,36-,37-,38-,39-,40+,41+,42-,43-,44-,45-,46-,47-,48+,49-,50+,51+/m1/s1. The number of hydrogen-bond donors (Lipinski definition) is 12. The van der Waals surface area contributed by atoms with Crippen LogP contribution in [0.1, 0.15) is 106 Å². The largest absolute Gasteiger partial charge is 0.462 e. The second-order valence-corrected chi connectivity index (χ2v) is 23.6. The number of esters is 1. The van der Waals surface area contributed by atoms with E-state index in [9.17, 15) is 70.9 Å². The first-order valence-corrected chi connectivity index (χ1v) is 26.9. The third kappa shape index (κ3) is 11.4. The molecule has 23 nitrogen and oxygen atoms in total. The third-order valence-electron chi connectivity index (χ3n) is 18.9. The predicted octanol–water partition coefficient (Wildman–Crippen LogP) is -2.12. The predicted molar refractivity (Wildman–Crippen MR) is 250 cm³/mol. The zero-order valence-electron chi connectivity index (χ0n) is 43.2. The highest BCUT2D eigenvalue weighted by Gasteiger charge is 2.64. The molecule has 4 heterocycles. The maximum atomic E-state index is 13.5. The minimum Gasteiger partial charge on any atom is -0.462 e. The number of aliphatic hydroxyl groups is 12. The SMILES string of the molecule is CC(=O)[C@H]1[C@@H](OC(=O)CC[C@@H](C)CO[C@@H]2O[C@H](CO)[C@@H](O)[C@H](O)[C@H]2O)C[C@H]2[C@@H]3CC[C@H]4C[C@@H](O[C@@H]5O[C@H](CO[C@@H]6O[C@@H](C)[C@H](O)[C@@H](O)[C@H]6O)[C@@H](O)[C@H](O)[C@H]5O[C@@H]5O[C@@H](C)[C@H](O)[C@@H](O)[C@H]5O)CC[C@]4(C)[C@H]3CC[C@@]21C. The topological polar surface area (TPSA) is 360 Å². The van der Waals surface area contributed by atoms with E-state index in [-0.39, 0.29) is 53.3 Å². The fraction of sp³-hybridized carbons (Fsp3) is 0.961. The normalized spacial score (nSPS) is 52.1. The van der Waals surface area contributed by atoms with Gasteiger partial charge >= 0.3 is 5.97 Å². The van der Waals surface area contributed by atoms with Crippen LogP contribution in [0.3, 0.4) is 0 Å². The van der Waals surface area contributed by atoms with Gasteiger partial charge < -0.3 is 104 Å². The van der Waals surface area contributed by atoms with E-state index in [4.69, 9.17) is 42.6 Å². The van der Waals surface area contributed by atoms with E-state index >= 15 is 0 Å². The van der Waals surface area contributed by atoms with Crippen molar-refractivity contribution in [3.05, 3.63) is 0 Å². The summed E-state index contributed by atoms with van der Waals surface area (Å²) in [6, 6.07) is 0. The molecule has 23 heteroatoms. The lowest BCUT2D eigenvalue weighted by molar-refractivity contribution is -0.375. The van der Waals surface area contributed by atoms with E-state index in [0.717, 1.165) is 32.1 Å². The summed E-state index contributed by atoms with van der Waals surface area (Å²) in [4.78, 5) is 27.0. The molecule has 426 valence electrons. The van der Waals surface area contributed by atoms with Crippen LogP contribution in [0.15, 0.2) is 0 Å². The number of hydrogen-bond acceptors (Lipinski definition) is 23. The van der Waals surface area contributed by atoms with Crippen LogP contribution in [0.2, 0.25) is 0 Å². The first-order valence-electron chi connectivity index (χ1n) is 26.9. The molecule has 0 aromatic carbocycles. The minimum atomic E-state index is -1.74. The Bertz CT molecular complexity index is 1880. The highest BCUT2D eigenvalue weighted by molar-refractivity contribution is 5.81. The summed E-state index contributed by atoms with van der Waals surface area (Å²) >= 11 is 0. The van der Waals surface area contributed by atoms with Crippen molar-refractivity contribution in [2.75, 3.05) is 19.8 Å². The maximum absolute atomic E-state index is 13.5. The molecule has 4 saturated carbocycles. The van der Waals surface area contributed by atoms with Crippen molar-refractivity contribution in [3.8, 4) is 0 Å². The van der Waals surface area contributed by atoms with Crippen molar-refractivity contribution >= 4 is 11.8 Å². The molecule has 8 aliphatic rings. The van der Waals surface area contributed by atoms with Crippen molar-refractivity contribution in [3.63, 3.8) is 0 Å². The number of Topliss-reactive ketones (excluding diaryl/α,β-unsaturated/α-hetero) is 1. The van der Waals surface area contributed by atoms with Crippen LogP contribution in [-0.4, -0.2) is 228 Å². The van der Waals surface area contributed by atoms with Gasteiger partial charge in [0.2, 0.25) is 0 Å². The zero-order chi connectivity index (χ0) is 53.9. The summed E-state index contributed by atoms with van der Waals surface area (Å²) < 4.78 is 53.4. The van der Waals surface area contributed by atoms with Crippen molar-refractivity contribution in [1.82, 2.24) is 0 Å². The summed E-state index contributed by atoms with van der Waals surface area (Å²) in [6.45, 7) is 9.92. The van der Waals surface area contributed by atoms with Crippen molar-refractivity contribution in [1.29, 1.82) is 0 Å². The molecule has 8 fully saturated rings. The highest BCUT2D eigenvalue weighted by Crippen LogP contribution is 2.68. The second kappa shape index (κ2) is 23.6. The van der Waals surface area contributed by atoms with Gasteiger partial charge in [-0.3, -0.25) is 9.59 Å². The van der Waals surface area contributed by atoms with Gasteiger partial charge in [-0.05, 0) is 119 Å². The first-order chi connectivity index (χ1) is 34.9. The Kier molecular flexibility index (Phi) is 18.6. The summed E-state index contributed by atoms with van der Waals surface area (Å²) in [7, 11) is 0. The number of rotatable bonds is 16. The van der Waals surface area contributed by atoms with Gasteiger partial charge in [0.15, 0.2) is 25.2 Å². The fourth-order valence-corrected chi connectivity index (χ4v) is 14.4. The van der Waals surface area contributed by atoms with Crippen LogP contribution < -0.4 is 0 Å². The van der Waals surface area contributed by atoms with E-state index in [2.05, 4.69) is 13.8 Å². The summed E-state index contributed by atoms with van der Waals surface area (Å²) in [6.07, 6.45) is -23.5. The average Bonchev–Trinajstić information content (AvgIpc) is 3.67. The lowest BCUT2D eigenvalue weighted by Crippen LogP contribution is -2.65. The van der Waals surface area contributed by atoms with Gasteiger partial charge in [0.1, 0.15) is 97.3 Å². The Morgan fingerprint density at radius 2 is 1.19 bits per heavy atom. The lowest BCUT2D eigenvalue weighted by Gasteiger charge is -2.61. The van der Waals surface area contributed by atoms with Gasteiger partial charge in [-0.2, -0.15) is 0 Å². The number of aliphatic hydroxyl groups excluding tert-OH is 12. The molecular weight excluding hydrogens is 981 g/mol. The van der Waals surface area contributed by atoms with E-state index in [1.54, 1.807) is 6.92 Å². The number of ketones is 1. The van der Waals surface area contributed by atoms with Crippen LogP contribution in [0.5, 0.6) is 0 Å². The van der Waals surface area contributed by atoms with Crippen LogP contribution in [-0.2, 0) is 52.2 Å². The molecule has 0 bridgehead atoms. The van der Waals surface area contributed by atoms with Gasteiger partial charge in [-0.1, -0.05) is 20.8 Å². The van der Waals surface area contributed by atoms with E-state index in [0.29, 0.717) is 31.6 Å². The Morgan fingerprint density at radius 3 is 1.84 bits per heavy atom. The van der Waals surface area contributed by atoms with Gasteiger partial charge in [0, 0.05) is 6.42 Å². The van der Waals surface area contributed by atoms with Gasteiger partial charge in [-0.15, -0.1) is 0 Å². The van der Waals surface area contributed by atoms with Gasteiger partial charge in [0.05, 0.1) is 44.1 Å². The molecule has 0 aromatic rings. The molecule has 0 aromatic heterocycles. The highest BCUT2D eigenvalue weighted by atomic mass is 16.8. The Morgan fingerprint density at radius 1 is 0.608 bits per heavy atom. The number of carbonyl (C=O) groups is 2. The van der Waals surface area contributed by atoms with Crippen molar-refractivity contribution in [2.24, 2.45) is 46.3 Å². The summed E-state index contributed by atoms with van der Waals surface area (Å²) in [5, 5.41) is 126. The average molecular weight is 1070 g/mol.